The van der Waals surface area contributed by atoms with Crippen LogP contribution in [0.15, 0.2) is 16.5 Å². The van der Waals surface area contributed by atoms with Crippen LogP contribution in [0.1, 0.15) is 15.3 Å². The zero-order valence-corrected chi connectivity index (χ0v) is 8.70. The third-order valence-electron chi connectivity index (χ3n) is 1.12. The van der Waals surface area contributed by atoms with E-state index in [4.69, 9.17) is 0 Å². The van der Waals surface area contributed by atoms with E-state index in [2.05, 4.69) is 36.3 Å². The van der Waals surface area contributed by atoms with Crippen molar-refractivity contribution < 1.29 is 17.6 Å². The standard InChI is InChI=1S/C6H3Br2F3O/c7-5(8)3-1-2-4(12-3)6(9,10)11/h1-2,5H. The summed E-state index contributed by atoms with van der Waals surface area (Å²) in [7, 11) is 0. The molecule has 12 heavy (non-hydrogen) atoms. The molecule has 1 heterocycles. The maximum Gasteiger partial charge on any atom is 0.449 e. The molecule has 0 atom stereocenters. The Morgan fingerprint density at radius 1 is 1.25 bits per heavy atom. The third-order valence-corrected chi connectivity index (χ3v) is 2.02. The number of furan rings is 1. The Morgan fingerprint density at radius 3 is 2.08 bits per heavy atom. The monoisotopic (exact) mass is 306 g/mol. The van der Waals surface area contributed by atoms with Crippen molar-refractivity contribution in [3.8, 4) is 0 Å². The molecule has 0 amide bonds. The highest BCUT2D eigenvalue weighted by molar-refractivity contribution is 9.24. The molecule has 0 saturated heterocycles. The maximum absolute atomic E-state index is 11.9. The number of rotatable bonds is 1. The minimum absolute atomic E-state index is 0.197. The van der Waals surface area contributed by atoms with Crippen molar-refractivity contribution in [2.24, 2.45) is 0 Å². The normalized spacial score (nSPS) is 12.5. The average molecular weight is 308 g/mol. The summed E-state index contributed by atoms with van der Waals surface area (Å²) in [6.07, 6.45) is -4.41. The van der Waals surface area contributed by atoms with Gasteiger partial charge < -0.3 is 4.42 Å². The van der Waals surface area contributed by atoms with Crippen LogP contribution in [0.5, 0.6) is 0 Å². The first-order chi connectivity index (χ1) is 5.41. The van der Waals surface area contributed by atoms with Gasteiger partial charge in [-0.25, -0.2) is 0 Å². The average Bonchev–Trinajstić information content (AvgIpc) is 2.30. The molecule has 68 valence electrons. The van der Waals surface area contributed by atoms with E-state index < -0.39 is 11.9 Å². The fourth-order valence-corrected chi connectivity index (χ4v) is 1.11. The van der Waals surface area contributed by atoms with Crippen LogP contribution in [0.4, 0.5) is 13.2 Å². The van der Waals surface area contributed by atoms with Crippen LogP contribution in [0.2, 0.25) is 0 Å². The van der Waals surface area contributed by atoms with Gasteiger partial charge in [-0.3, -0.25) is 0 Å². The molecule has 0 aliphatic heterocycles. The van der Waals surface area contributed by atoms with Crippen molar-refractivity contribution in [3.63, 3.8) is 0 Å². The molecular formula is C6H3Br2F3O. The first-order valence-corrected chi connectivity index (χ1v) is 4.69. The summed E-state index contributed by atoms with van der Waals surface area (Å²) >= 11 is 6.04. The van der Waals surface area contributed by atoms with Crippen molar-refractivity contribution in [1.82, 2.24) is 0 Å². The summed E-state index contributed by atoms with van der Waals surface area (Å²) in [5.74, 6) is -0.788. The van der Waals surface area contributed by atoms with Crippen molar-refractivity contribution >= 4 is 31.9 Å². The van der Waals surface area contributed by atoms with Gasteiger partial charge in [-0.1, -0.05) is 31.9 Å². The number of alkyl halides is 5. The van der Waals surface area contributed by atoms with Crippen LogP contribution < -0.4 is 0 Å². The lowest BCUT2D eigenvalue weighted by Crippen LogP contribution is -2.02. The topological polar surface area (TPSA) is 13.1 Å². The molecule has 0 unspecified atom stereocenters. The lowest BCUT2D eigenvalue weighted by atomic mass is 10.4. The Kier molecular flexibility index (Phi) is 2.88. The van der Waals surface area contributed by atoms with E-state index in [0.29, 0.717) is 0 Å². The Hall–Kier alpha value is 0.0300. The van der Waals surface area contributed by atoms with Crippen molar-refractivity contribution in [2.45, 2.75) is 9.91 Å². The van der Waals surface area contributed by atoms with Crippen molar-refractivity contribution in [2.75, 3.05) is 0 Å². The first kappa shape index (κ1) is 10.1. The van der Waals surface area contributed by atoms with Gasteiger partial charge in [0, 0.05) is 0 Å². The van der Waals surface area contributed by atoms with E-state index in [0.717, 1.165) is 6.07 Å². The Balaban J connectivity index is 2.92. The van der Waals surface area contributed by atoms with Crippen LogP contribution in [-0.2, 0) is 6.18 Å². The van der Waals surface area contributed by atoms with Crippen molar-refractivity contribution in [1.29, 1.82) is 0 Å². The van der Waals surface area contributed by atoms with Gasteiger partial charge in [0.25, 0.3) is 0 Å². The predicted octanol–water partition coefficient (Wildman–Crippen LogP) is 4.09. The van der Waals surface area contributed by atoms with Crippen molar-refractivity contribution in [3.05, 3.63) is 23.7 Å². The Labute approximate surface area is 83.2 Å². The lowest BCUT2D eigenvalue weighted by Gasteiger charge is -2.01. The fourth-order valence-electron chi connectivity index (χ4n) is 0.622. The minimum Gasteiger partial charge on any atom is -0.454 e. The zero-order chi connectivity index (χ0) is 9.35. The summed E-state index contributed by atoms with van der Waals surface area (Å²) < 4.78 is 39.9. The molecule has 1 aromatic heterocycles. The van der Waals surface area contributed by atoms with Gasteiger partial charge in [-0.2, -0.15) is 13.2 Å². The lowest BCUT2D eigenvalue weighted by molar-refractivity contribution is -0.153. The first-order valence-electron chi connectivity index (χ1n) is 2.86. The summed E-state index contributed by atoms with van der Waals surface area (Å²) in [5.41, 5.74) is 0. The van der Waals surface area contributed by atoms with E-state index in [-0.39, 0.29) is 9.50 Å². The van der Waals surface area contributed by atoms with E-state index in [1.54, 1.807) is 0 Å². The maximum atomic E-state index is 11.9. The molecule has 0 spiro atoms. The predicted molar refractivity (Wildman–Crippen MR) is 44.3 cm³/mol. The molecule has 0 fully saturated rings. The van der Waals surface area contributed by atoms with Crippen LogP contribution in [-0.4, -0.2) is 0 Å². The minimum atomic E-state index is -4.41. The molecule has 0 saturated carbocycles. The molecule has 0 N–H and O–H groups in total. The third kappa shape index (κ3) is 2.26. The van der Waals surface area contributed by atoms with Crippen LogP contribution >= 0.6 is 31.9 Å². The number of halogens is 5. The van der Waals surface area contributed by atoms with Crippen LogP contribution in [0, 0.1) is 0 Å². The molecular weight excluding hydrogens is 305 g/mol. The smallest absolute Gasteiger partial charge is 0.449 e. The molecule has 6 heteroatoms. The zero-order valence-electron chi connectivity index (χ0n) is 5.53. The largest absolute Gasteiger partial charge is 0.454 e. The Morgan fingerprint density at radius 2 is 1.83 bits per heavy atom. The molecule has 0 aliphatic carbocycles. The molecule has 0 aliphatic rings. The molecule has 1 nitrogen and oxygen atoms in total. The quantitative estimate of drug-likeness (QED) is 0.712. The second kappa shape index (κ2) is 3.41. The van der Waals surface area contributed by atoms with Gasteiger partial charge in [0.1, 0.15) is 9.50 Å². The van der Waals surface area contributed by atoms with Crippen LogP contribution in [0.3, 0.4) is 0 Å². The second-order valence-corrected chi connectivity index (χ2v) is 5.06. The fraction of sp³-hybridized carbons (Fsp3) is 0.333. The van der Waals surface area contributed by atoms with Crippen LogP contribution in [0.25, 0.3) is 0 Å². The van der Waals surface area contributed by atoms with E-state index >= 15 is 0 Å². The summed E-state index contributed by atoms with van der Waals surface area (Å²) in [6, 6.07) is 2.15. The van der Waals surface area contributed by atoms with Gasteiger partial charge in [-0.15, -0.1) is 0 Å². The Bertz CT molecular complexity index is 266. The SMILES string of the molecule is FC(F)(F)c1ccc(C(Br)Br)o1. The molecule has 1 aromatic rings. The van der Waals surface area contributed by atoms with Gasteiger partial charge >= 0.3 is 6.18 Å². The van der Waals surface area contributed by atoms with Gasteiger partial charge in [0.05, 0.1) is 0 Å². The number of hydrogen-bond donors (Lipinski definition) is 0. The molecule has 0 aromatic carbocycles. The highest BCUT2D eigenvalue weighted by atomic mass is 79.9. The van der Waals surface area contributed by atoms with Gasteiger partial charge in [0.2, 0.25) is 5.76 Å². The van der Waals surface area contributed by atoms with Gasteiger partial charge in [-0.05, 0) is 12.1 Å². The molecule has 1 rings (SSSR count). The van der Waals surface area contributed by atoms with E-state index in [9.17, 15) is 13.2 Å². The summed E-state index contributed by atoms with van der Waals surface area (Å²) in [4.78, 5) is 0. The summed E-state index contributed by atoms with van der Waals surface area (Å²) in [5, 5.41) is 0. The molecule has 0 radical (unpaired) electrons. The van der Waals surface area contributed by atoms with Gasteiger partial charge in [0.15, 0.2) is 0 Å². The van der Waals surface area contributed by atoms with E-state index in [1.165, 1.54) is 6.07 Å². The number of hydrogen-bond acceptors (Lipinski definition) is 1. The molecule has 0 bridgehead atoms. The van der Waals surface area contributed by atoms with E-state index in [1.807, 2.05) is 0 Å². The highest BCUT2D eigenvalue weighted by Gasteiger charge is 2.35. The summed E-state index contributed by atoms with van der Waals surface area (Å²) in [6.45, 7) is 0. The second-order valence-electron chi connectivity index (χ2n) is 2.00. The highest BCUT2D eigenvalue weighted by Crippen LogP contribution is 2.36.